The van der Waals surface area contributed by atoms with E-state index >= 15 is 0 Å². The topological polar surface area (TPSA) is 78.9 Å². The van der Waals surface area contributed by atoms with Gasteiger partial charge in [0.1, 0.15) is 12.2 Å². The Morgan fingerprint density at radius 2 is 1.86 bits per heavy atom. The van der Waals surface area contributed by atoms with Crippen molar-refractivity contribution in [1.29, 1.82) is 0 Å². The maximum Gasteiger partial charge on any atom is 0.348 e. The van der Waals surface area contributed by atoms with Gasteiger partial charge in [-0.3, -0.25) is 4.79 Å². The predicted molar refractivity (Wildman–Crippen MR) is 74.2 cm³/mol. The molecule has 0 bridgehead atoms. The second-order valence-electron chi connectivity index (χ2n) is 6.19. The van der Waals surface area contributed by atoms with E-state index in [1.165, 1.54) is 6.92 Å². The maximum atomic E-state index is 11.8. The second kappa shape index (κ2) is 5.87. The molecule has 0 saturated carbocycles. The van der Waals surface area contributed by atoms with Crippen LogP contribution in [0.25, 0.3) is 0 Å². The van der Waals surface area contributed by atoms with Crippen molar-refractivity contribution in [2.45, 2.75) is 52.7 Å². The van der Waals surface area contributed by atoms with Gasteiger partial charge in [0, 0.05) is 5.57 Å². The van der Waals surface area contributed by atoms with E-state index in [9.17, 15) is 14.4 Å². The third kappa shape index (κ3) is 3.62. The minimum absolute atomic E-state index is 0.115. The van der Waals surface area contributed by atoms with Crippen LogP contribution in [0.3, 0.4) is 0 Å². The number of carbonyl (C=O) groups is 3. The Hall–Kier alpha value is -1.85. The van der Waals surface area contributed by atoms with Crippen LogP contribution >= 0.6 is 0 Å². The molecule has 6 nitrogen and oxygen atoms in total. The zero-order valence-corrected chi connectivity index (χ0v) is 13.1. The third-order valence-electron chi connectivity index (χ3n) is 3.91. The summed E-state index contributed by atoms with van der Waals surface area (Å²) in [6.45, 7) is 12.0. The van der Waals surface area contributed by atoms with Gasteiger partial charge in [0.05, 0.1) is 11.8 Å². The van der Waals surface area contributed by atoms with Crippen molar-refractivity contribution in [3.05, 3.63) is 12.2 Å². The molecule has 1 atom stereocenters. The fourth-order valence-corrected chi connectivity index (χ4v) is 1.78. The molecule has 0 N–H and O–H groups in total. The molecule has 0 aliphatic carbocycles. The number of hydrogen-bond acceptors (Lipinski definition) is 6. The standard InChI is InChI=1S/C15H22O6/c1-9(2)12(17)19-8-7-10(16)20-11-13(18)21-15(5,6)14(11,3)4/h11H,1,7-8H2,2-6H3. The van der Waals surface area contributed by atoms with Gasteiger partial charge in [-0.15, -0.1) is 0 Å². The maximum absolute atomic E-state index is 11.8. The summed E-state index contributed by atoms with van der Waals surface area (Å²) in [6.07, 6.45) is -1.09. The van der Waals surface area contributed by atoms with Gasteiger partial charge in [0.25, 0.3) is 0 Å². The molecule has 6 heteroatoms. The average Bonchev–Trinajstić information content (AvgIpc) is 2.47. The van der Waals surface area contributed by atoms with Crippen LogP contribution in [0.2, 0.25) is 0 Å². The molecule has 0 spiro atoms. The Morgan fingerprint density at radius 1 is 1.29 bits per heavy atom. The van der Waals surface area contributed by atoms with Crippen LogP contribution in [0.15, 0.2) is 12.2 Å². The Balaban J connectivity index is 2.54. The van der Waals surface area contributed by atoms with E-state index in [1.807, 2.05) is 0 Å². The normalized spacial score (nSPS) is 22.3. The number of rotatable bonds is 5. The molecule has 0 aromatic heterocycles. The molecule has 1 heterocycles. The van der Waals surface area contributed by atoms with E-state index in [4.69, 9.17) is 14.2 Å². The number of cyclic esters (lactones) is 1. The van der Waals surface area contributed by atoms with Crippen molar-refractivity contribution in [3.8, 4) is 0 Å². The van der Waals surface area contributed by atoms with Gasteiger partial charge in [-0.05, 0) is 20.8 Å². The number of carbonyl (C=O) groups excluding carboxylic acids is 3. The fraction of sp³-hybridized carbons (Fsp3) is 0.667. The highest BCUT2D eigenvalue weighted by atomic mass is 16.6. The van der Waals surface area contributed by atoms with Gasteiger partial charge in [-0.2, -0.15) is 0 Å². The highest BCUT2D eigenvalue weighted by Gasteiger charge is 2.58. The van der Waals surface area contributed by atoms with Crippen molar-refractivity contribution in [2.75, 3.05) is 6.61 Å². The molecule has 1 unspecified atom stereocenters. The quantitative estimate of drug-likeness (QED) is 0.437. The molecule has 1 rings (SSSR count). The largest absolute Gasteiger partial charge is 0.462 e. The zero-order valence-electron chi connectivity index (χ0n) is 13.1. The van der Waals surface area contributed by atoms with Crippen LogP contribution in [0.5, 0.6) is 0 Å². The highest BCUT2D eigenvalue weighted by molar-refractivity contribution is 5.87. The first kappa shape index (κ1) is 17.2. The van der Waals surface area contributed by atoms with Crippen LogP contribution < -0.4 is 0 Å². The highest BCUT2D eigenvalue weighted by Crippen LogP contribution is 2.45. The number of esters is 3. The summed E-state index contributed by atoms with van der Waals surface area (Å²) in [5.41, 5.74) is -1.11. The fourth-order valence-electron chi connectivity index (χ4n) is 1.78. The van der Waals surface area contributed by atoms with Gasteiger partial charge in [0.15, 0.2) is 0 Å². The smallest absolute Gasteiger partial charge is 0.348 e. The molecular weight excluding hydrogens is 276 g/mol. The summed E-state index contributed by atoms with van der Waals surface area (Å²) < 4.78 is 15.2. The second-order valence-corrected chi connectivity index (χ2v) is 6.19. The molecular formula is C15H22O6. The van der Waals surface area contributed by atoms with Gasteiger partial charge >= 0.3 is 17.9 Å². The Labute approximate surface area is 124 Å². The molecule has 21 heavy (non-hydrogen) atoms. The minimum atomic E-state index is -0.961. The molecule has 0 radical (unpaired) electrons. The first-order valence-corrected chi connectivity index (χ1v) is 6.74. The molecule has 1 saturated heterocycles. The van der Waals surface area contributed by atoms with Crippen LogP contribution in [0, 0.1) is 5.41 Å². The van der Waals surface area contributed by atoms with E-state index in [0.717, 1.165) is 0 Å². The monoisotopic (exact) mass is 298 g/mol. The Bertz CT molecular complexity index is 475. The zero-order chi connectivity index (χ0) is 16.4. The Kier molecular flexibility index (Phi) is 4.81. The van der Waals surface area contributed by atoms with E-state index in [0.29, 0.717) is 0 Å². The summed E-state index contributed by atoms with van der Waals surface area (Å²) >= 11 is 0. The molecule has 0 aromatic carbocycles. The lowest BCUT2D eigenvalue weighted by Gasteiger charge is -2.33. The molecule has 1 fully saturated rings. The summed E-state index contributed by atoms with van der Waals surface area (Å²) in [6, 6.07) is 0. The molecule has 0 aromatic rings. The van der Waals surface area contributed by atoms with Gasteiger partial charge < -0.3 is 14.2 Å². The van der Waals surface area contributed by atoms with E-state index < -0.39 is 35.0 Å². The van der Waals surface area contributed by atoms with E-state index in [2.05, 4.69) is 6.58 Å². The lowest BCUT2D eigenvalue weighted by molar-refractivity contribution is -0.164. The lowest BCUT2D eigenvalue weighted by Crippen LogP contribution is -2.43. The predicted octanol–water partition coefficient (Wildman–Crippen LogP) is 1.77. The summed E-state index contributed by atoms with van der Waals surface area (Å²) in [7, 11) is 0. The van der Waals surface area contributed by atoms with Crippen LogP contribution in [-0.2, 0) is 28.6 Å². The number of hydrogen-bond donors (Lipinski definition) is 0. The van der Waals surface area contributed by atoms with Crippen molar-refractivity contribution in [2.24, 2.45) is 5.41 Å². The van der Waals surface area contributed by atoms with Gasteiger partial charge in [0.2, 0.25) is 6.10 Å². The lowest BCUT2D eigenvalue weighted by atomic mass is 9.75. The molecule has 1 aliphatic heterocycles. The van der Waals surface area contributed by atoms with Crippen LogP contribution in [-0.4, -0.2) is 36.2 Å². The molecule has 1 aliphatic rings. The first-order valence-electron chi connectivity index (χ1n) is 6.74. The van der Waals surface area contributed by atoms with Gasteiger partial charge in [-0.25, -0.2) is 9.59 Å². The Morgan fingerprint density at radius 3 is 2.29 bits per heavy atom. The number of ether oxygens (including phenoxy) is 3. The minimum Gasteiger partial charge on any atom is -0.462 e. The van der Waals surface area contributed by atoms with Crippen LogP contribution in [0.1, 0.15) is 41.0 Å². The third-order valence-corrected chi connectivity index (χ3v) is 3.91. The van der Waals surface area contributed by atoms with Crippen molar-refractivity contribution < 1.29 is 28.6 Å². The van der Waals surface area contributed by atoms with E-state index in [1.54, 1.807) is 27.7 Å². The summed E-state index contributed by atoms with van der Waals surface area (Å²) in [4.78, 5) is 34.7. The average molecular weight is 298 g/mol. The van der Waals surface area contributed by atoms with Crippen molar-refractivity contribution in [1.82, 2.24) is 0 Å². The van der Waals surface area contributed by atoms with E-state index in [-0.39, 0.29) is 18.6 Å². The van der Waals surface area contributed by atoms with Crippen molar-refractivity contribution >= 4 is 17.9 Å². The van der Waals surface area contributed by atoms with Gasteiger partial charge in [-0.1, -0.05) is 20.4 Å². The summed E-state index contributed by atoms with van der Waals surface area (Å²) in [5.74, 6) is -1.74. The van der Waals surface area contributed by atoms with Crippen molar-refractivity contribution in [3.63, 3.8) is 0 Å². The van der Waals surface area contributed by atoms with Crippen LogP contribution in [0.4, 0.5) is 0 Å². The SMILES string of the molecule is C=C(C)C(=O)OCCC(=O)OC1C(=O)OC(C)(C)C1(C)C. The first-order chi connectivity index (χ1) is 9.49. The summed E-state index contributed by atoms with van der Waals surface area (Å²) in [5, 5.41) is 0. The molecule has 118 valence electrons. The molecule has 0 amide bonds.